The number of carboxylic acid groups (broad SMARTS) is 1. The Bertz CT molecular complexity index is 723. The summed E-state index contributed by atoms with van der Waals surface area (Å²) in [4.78, 5) is 62.8. The molecule has 33 heavy (non-hydrogen) atoms. The molecule has 14 nitrogen and oxygen atoms in total. The van der Waals surface area contributed by atoms with Crippen molar-refractivity contribution in [2.45, 2.75) is 64.1 Å². The first kappa shape index (κ1) is 29.6. The molecule has 0 saturated carbocycles. The molecule has 0 bridgehead atoms. The number of carboxylic acids is 1. The van der Waals surface area contributed by atoms with Crippen molar-refractivity contribution in [3.63, 3.8) is 0 Å². The Kier molecular flexibility index (Phi) is 13.8. The van der Waals surface area contributed by atoms with E-state index in [4.69, 9.17) is 22.9 Å². The van der Waals surface area contributed by atoms with E-state index in [1.54, 1.807) is 0 Å². The number of nitrogens with zero attached hydrogens (tertiary/aromatic N) is 1. The van der Waals surface area contributed by atoms with Gasteiger partial charge in [0.15, 0.2) is 5.96 Å². The molecular formula is C19H36N8O6. The maximum Gasteiger partial charge on any atom is 0.326 e. The molecule has 0 aliphatic heterocycles. The van der Waals surface area contributed by atoms with E-state index in [0.29, 0.717) is 6.42 Å². The third-order valence-corrected chi connectivity index (χ3v) is 4.38. The van der Waals surface area contributed by atoms with Gasteiger partial charge in [0.2, 0.25) is 23.6 Å². The van der Waals surface area contributed by atoms with Crippen LogP contribution in [0.3, 0.4) is 0 Å². The van der Waals surface area contributed by atoms with Gasteiger partial charge in [-0.05, 0) is 31.6 Å². The number of primary amides is 1. The highest BCUT2D eigenvalue weighted by molar-refractivity contribution is 5.92. The van der Waals surface area contributed by atoms with E-state index in [9.17, 15) is 29.1 Å². The van der Waals surface area contributed by atoms with Crippen LogP contribution in [-0.2, 0) is 24.0 Å². The molecule has 3 unspecified atom stereocenters. The van der Waals surface area contributed by atoms with Crippen molar-refractivity contribution in [3.8, 4) is 0 Å². The molecule has 0 fully saturated rings. The summed E-state index contributed by atoms with van der Waals surface area (Å²) in [7, 11) is 0. The van der Waals surface area contributed by atoms with Crippen molar-refractivity contribution in [1.29, 1.82) is 0 Å². The van der Waals surface area contributed by atoms with E-state index in [0.717, 1.165) is 0 Å². The summed E-state index contributed by atoms with van der Waals surface area (Å²) in [6.07, 6.45) is 0.594. The lowest BCUT2D eigenvalue weighted by Gasteiger charge is -2.23. The van der Waals surface area contributed by atoms with Gasteiger partial charge in [-0.25, -0.2) is 4.79 Å². The van der Waals surface area contributed by atoms with Crippen LogP contribution in [0.1, 0.15) is 46.0 Å². The predicted molar refractivity (Wildman–Crippen MR) is 120 cm³/mol. The Morgan fingerprint density at radius 2 is 1.58 bits per heavy atom. The maximum atomic E-state index is 12.7. The first-order valence-corrected chi connectivity index (χ1v) is 10.5. The molecular weight excluding hydrogens is 436 g/mol. The molecule has 188 valence electrons. The van der Waals surface area contributed by atoms with E-state index in [2.05, 4.69) is 20.9 Å². The second-order valence-electron chi connectivity index (χ2n) is 7.93. The zero-order valence-corrected chi connectivity index (χ0v) is 19.0. The molecule has 0 saturated heterocycles. The molecule has 0 aromatic rings. The molecule has 0 aromatic heterocycles. The fraction of sp³-hybridized carbons (Fsp3) is 0.684. The van der Waals surface area contributed by atoms with Gasteiger partial charge in [-0.2, -0.15) is 0 Å². The van der Waals surface area contributed by atoms with Crippen molar-refractivity contribution in [2.24, 2.45) is 33.8 Å². The Morgan fingerprint density at radius 3 is 2.09 bits per heavy atom. The largest absolute Gasteiger partial charge is 0.480 e. The third kappa shape index (κ3) is 14.3. The quantitative estimate of drug-likeness (QED) is 0.0639. The highest BCUT2D eigenvalue weighted by atomic mass is 16.4. The number of hydrogen-bond acceptors (Lipinski definition) is 7. The minimum atomic E-state index is -1.24. The molecule has 12 N–H and O–H groups in total. The predicted octanol–water partition coefficient (Wildman–Crippen LogP) is -3.15. The molecule has 0 radical (unpaired) electrons. The van der Waals surface area contributed by atoms with Crippen LogP contribution >= 0.6 is 0 Å². The highest BCUT2D eigenvalue weighted by Gasteiger charge is 2.27. The number of hydrogen-bond donors (Lipinski definition) is 8. The van der Waals surface area contributed by atoms with Crippen LogP contribution in [0, 0.1) is 5.92 Å². The lowest BCUT2D eigenvalue weighted by molar-refractivity contribution is -0.142. The van der Waals surface area contributed by atoms with Crippen molar-refractivity contribution in [3.05, 3.63) is 0 Å². The average molecular weight is 473 g/mol. The molecule has 0 aliphatic carbocycles. The molecule has 3 atom stereocenters. The van der Waals surface area contributed by atoms with Crippen molar-refractivity contribution in [2.75, 3.05) is 13.1 Å². The lowest BCUT2D eigenvalue weighted by atomic mass is 10.0. The number of carbonyl (C=O) groups is 5. The Morgan fingerprint density at radius 1 is 0.939 bits per heavy atom. The number of carbonyl (C=O) groups excluding carboxylic acids is 4. The number of guanidine groups is 1. The molecule has 0 rings (SSSR count). The van der Waals surface area contributed by atoms with Gasteiger partial charge in [0.25, 0.3) is 0 Å². The minimum Gasteiger partial charge on any atom is -0.480 e. The van der Waals surface area contributed by atoms with Gasteiger partial charge >= 0.3 is 5.97 Å². The fourth-order valence-electron chi connectivity index (χ4n) is 2.71. The monoisotopic (exact) mass is 472 g/mol. The standard InChI is InChI=1S/C19H36N8O6/c1-10(2)8-13(17(31)27-12(18(32)33)4-3-7-24-19(22)23)26-15(29)9-25-16(30)11(20)5-6-14(21)28/h10-13H,3-9,20H2,1-2H3,(H2,21,28)(H,25,30)(H,26,29)(H,27,31)(H,32,33)(H4,22,23,24). The molecule has 0 aromatic carbocycles. The van der Waals surface area contributed by atoms with Crippen molar-refractivity contribution < 1.29 is 29.1 Å². The number of aliphatic carboxylic acids is 1. The Balaban J connectivity index is 4.88. The van der Waals surface area contributed by atoms with Crippen molar-refractivity contribution >= 4 is 35.6 Å². The van der Waals surface area contributed by atoms with Gasteiger partial charge in [-0.3, -0.25) is 24.2 Å². The van der Waals surface area contributed by atoms with Crippen LogP contribution in [0.25, 0.3) is 0 Å². The Hall–Kier alpha value is -3.42. The number of nitrogens with one attached hydrogen (secondary N) is 3. The zero-order valence-electron chi connectivity index (χ0n) is 19.0. The van der Waals surface area contributed by atoms with E-state index in [1.165, 1.54) is 0 Å². The summed E-state index contributed by atoms with van der Waals surface area (Å²) in [5, 5.41) is 16.6. The minimum absolute atomic E-state index is 0.00278. The SMILES string of the molecule is CC(C)CC(NC(=O)CNC(=O)C(N)CCC(N)=O)C(=O)NC(CCCN=C(N)N)C(=O)O. The smallest absolute Gasteiger partial charge is 0.326 e. The maximum absolute atomic E-state index is 12.7. The third-order valence-electron chi connectivity index (χ3n) is 4.38. The van der Waals surface area contributed by atoms with E-state index < -0.39 is 54.3 Å². The summed E-state index contributed by atoms with van der Waals surface area (Å²) in [5.41, 5.74) is 21.1. The van der Waals surface area contributed by atoms with Crippen LogP contribution in [0.2, 0.25) is 0 Å². The van der Waals surface area contributed by atoms with Gasteiger partial charge in [0.1, 0.15) is 12.1 Å². The first-order chi connectivity index (χ1) is 15.3. The summed E-state index contributed by atoms with van der Waals surface area (Å²) < 4.78 is 0. The van der Waals surface area contributed by atoms with Crippen LogP contribution < -0.4 is 38.9 Å². The molecule has 0 aliphatic rings. The number of amides is 4. The van der Waals surface area contributed by atoms with Crippen LogP contribution in [0.15, 0.2) is 4.99 Å². The summed E-state index contributed by atoms with van der Waals surface area (Å²) in [6.45, 7) is 3.41. The van der Waals surface area contributed by atoms with Gasteiger partial charge in [0, 0.05) is 13.0 Å². The van der Waals surface area contributed by atoms with Crippen LogP contribution in [0.4, 0.5) is 0 Å². The van der Waals surface area contributed by atoms with E-state index >= 15 is 0 Å². The summed E-state index contributed by atoms with van der Waals surface area (Å²) in [6, 6.07) is -3.23. The fourth-order valence-corrected chi connectivity index (χ4v) is 2.71. The molecule has 0 heterocycles. The first-order valence-electron chi connectivity index (χ1n) is 10.5. The number of rotatable bonds is 16. The number of nitrogens with two attached hydrogens (primary N) is 4. The second-order valence-corrected chi connectivity index (χ2v) is 7.93. The summed E-state index contributed by atoms with van der Waals surface area (Å²) in [5.74, 6) is -3.94. The average Bonchev–Trinajstić information content (AvgIpc) is 2.70. The lowest BCUT2D eigenvalue weighted by Crippen LogP contribution is -2.54. The van der Waals surface area contributed by atoms with Crippen LogP contribution in [0.5, 0.6) is 0 Å². The second kappa shape index (κ2) is 15.4. The molecule has 14 heteroatoms. The van der Waals surface area contributed by atoms with E-state index in [-0.39, 0.29) is 44.1 Å². The normalized spacial score (nSPS) is 13.3. The van der Waals surface area contributed by atoms with Gasteiger partial charge in [-0.15, -0.1) is 0 Å². The van der Waals surface area contributed by atoms with Gasteiger partial charge in [0.05, 0.1) is 12.6 Å². The van der Waals surface area contributed by atoms with E-state index in [1.807, 2.05) is 13.8 Å². The van der Waals surface area contributed by atoms with Gasteiger partial charge in [-0.1, -0.05) is 13.8 Å². The molecule has 4 amide bonds. The van der Waals surface area contributed by atoms with Crippen molar-refractivity contribution in [1.82, 2.24) is 16.0 Å². The number of aliphatic imine (C=N–C) groups is 1. The highest BCUT2D eigenvalue weighted by Crippen LogP contribution is 2.07. The molecule has 0 spiro atoms. The van der Waals surface area contributed by atoms with Gasteiger partial charge < -0.3 is 44.0 Å². The zero-order chi connectivity index (χ0) is 25.6. The summed E-state index contributed by atoms with van der Waals surface area (Å²) >= 11 is 0. The Labute approximate surface area is 192 Å². The topological polar surface area (TPSA) is 258 Å². The van der Waals surface area contributed by atoms with Crippen LogP contribution in [-0.4, -0.2) is 71.9 Å².